The van der Waals surface area contributed by atoms with Crippen molar-refractivity contribution in [3.8, 4) is 0 Å². The van der Waals surface area contributed by atoms with Crippen LogP contribution in [0.4, 0.5) is 8.78 Å². The summed E-state index contributed by atoms with van der Waals surface area (Å²) < 4.78 is 29.8. The lowest BCUT2D eigenvalue weighted by atomic mass is 9.72. The molecule has 2 aromatic carbocycles. The number of rotatable bonds is 4. The second-order valence-electron chi connectivity index (χ2n) is 4.99. The van der Waals surface area contributed by atoms with Crippen molar-refractivity contribution < 1.29 is 8.78 Å². The lowest BCUT2D eigenvalue weighted by molar-refractivity contribution is -0.0818. The Morgan fingerprint density at radius 3 is 1.63 bits per heavy atom. The number of benzene rings is 2. The summed E-state index contributed by atoms with van der Waals surface area (Å²) in [5, 5.41) is 0. The molecule has 0 nitrogen and oxygen atoms in total. The van der Waals surface area contributed by atoms with E-state index in [1.165, 1.54) is 12.1 Å². The zero-order chi connectivity index (χ0) is 13.9. The molecule has 0 fully saturated rings. The Morgan fingerprint density at radius 2 is 1.21 bits per heavy atom. The van der Waals surface area contributed by atoms with Gasteiger partial charge in [-0.2, -0.15) is 0 Å². The zero-order valence-electron chi connectivity index (χ0n) is 11.2. The minimum absolute atomic E-state index is 0.0724. The lowest BCUT2D eigenvalue weighted by Crippen LogP contribution is -2.40. The van der Waals surface area contributed by atoms with Crippen LogP contribution >= 0.6 is 0 Å². The summed E-state index contributed by atoms with van der Waals surface area (Å²) in [6.45, 7) is 3.44. The van der Waals surface area contributed by atoms with Crippen LogP contribution in [0.1, 0.15) is 31.4 Å². The van der Waals surface area contributed by atoms with E-state index in [0.29, 0.717) is 12.0 Å². The van der Waals surface area contributed by atoms with Gasteiger partial charge in [0.25, 0.3) is 5.92 Å². The lowest BCUT2D eigenvalue weighted by Gasteiger charge is -2.37. The maximum absolute atomic E-state index is 14.9. The van der Waals surface area contributed by atoms with Gasteiger partial charge in [0.1, 0.15) is 0 Å². The first-order chi connectivity index (χ1) is 9.02. The topological polar surface area (TPSA) is 0 Å². The largest absolute Gasteiger partial charge is 0.282 e. The molecule has 2 heteroatoms. The van der Waals surface area contributed by atoms with E-state index >= 15 is 0 Å². The summed E-state index contributed by atoms with van der Waals surface area (Å²) in [7, 11) is 0. The summed E-state index contributed by atoms with van der Waals surface area (Å²) in [5.41, 5.74) is -0.454. The van der Waals surface area contributed by atoms with Gasteiger partial charge in [-0.15, -0.1) is 0 Å². The Labute approximate surface area is 113 Å². The van der Waals surface area contributed by atoms with Gasteiger partial charge in [0, 0.05) is 5.56 Å². The average Bonchev–Trinajstić information content (AvgIpc) is 2.48. The molecule has 2 aromatic rings. The van der Waals surface area contributed by atoms with Crippen molar-refractivity contribution in [2.75, 3.05) is 0 Å². The molecule has 0 bridgehead atoms. The van der Waals surface area contributed by atoms with Gasteiger partial charge in [0.15, 0.2) is 0 Å². The van der Waals surface area contributed by atoms with Gasteiger partial charge in [0.05, 0.1) is 5.41 Å². The number of hydrogen-bond donors (Lipinski definition) is 0. The van der Waals surface area contributed by atoms with Crippen molar-refractivity contribution in [3.05, 3.63) is 71.8 Å². The van der Waals surface area contributed by atoms with Crippen LogP contribution in [0.15, 0.2) is 60.7 Å². The SMILES string of the molecule is CCC(C)(c1ccccc1)C(F)(F)c1ccccc1. The molecule has 0 aromatic heterocycles. The molecule has 0 saturated heterocycles. The molecular formula is C17H18F2. The summed E-state index contributed by atoms with van der Waals surface area (Å²) in [5.74, 6) is -2.90. The summed E-state index contributed by atoms with van der Waals surface area (Å²) >= 11 is 0. The molecule has 19 heavy (non-hydrogen) atoms. The highest BCUT2D eigenvalue weighted by Crippen LogP contribution is 2.48. The van der Waals surface area contributed by atoms with E-state index < -0.39 is 11.3 Å². The van der Waals surface area contributed by atoms with Gasteiger partial charge < -0.3 is 0 Å². The summed E-state index contributed by atoms with van der Waals surface area (Å²) in [6.07, 6.45) is 0.374. The number of hydrogen-bond acceptors (Lipinski definition) is 0. The van der Waals surface area contributed by atoms with E-state index in [2.05, 4.69) is 0 Å². The van der Waals surface area contributed by atoms with E-state index in [1.54, 1.807) is 37.3 Å². The van der Waals surface area contributed by atoms with E-state index in [9.17, 15) is 8.78 Å². The second kappa shape index (κ2) is 5.12. The van der Waals surface area contributed by atoms with Crippen LogP contribution in [0.25, 0.3) is 0 Å². The molecule has 0 amide bonds. The van der Waals surface area contributed by atoms with Crippen molar-refractivity contribution in [1.82, 2.24) is 0 Å². The Balaban J connectivity index is 2.52. The van der Waals surface area contributed by atoms with Crippen LogP contribution in [0, 0.1) is 0 Å². The fourth-order valence-electron chi connectivity index (χ4n) is 2.38. The molecule has 1 unspecified atom stereocenters. The number of halogens is 2. The molecule has 0 heterocycles. The van der Waals surface area contributed by atoms with Crippen LogP contribution in [0.5, 0.6) is 0 Å². The van der Waals surface area contributed by atoms with E-state index in [0.717, 1.165) is 0 Å². The number of alkyl halides is 2. The van der Waals surface area contributed by atoms with E-state index in [-0.39, 0.29) is 5.56 Å². The highest BCUT2D eigenvalue weighted by atomic mass is 19.3. The first-order valence-electron chi connectivity index (χ1n) is 6.51. The van der Waals surface area contributed by atoms with Gasteiger partial charge in [-0.3, -0.25) is 0 Å². The second-order valence-corrected chi connectivity index (χ2v) is 4.99. The predicted octanol–water partition coefficient (Wildman–Crippen LogP) is 5.15. The van der Waals surface area contributed by atoms with Crippen molar-refractivity contribution in [3.63, 3.8) is 0 Å². The molecule has 1 atom stereocenters. The maximum atomic E-state index is 14.9. The van der Waals surface area contributed by atoms with E-state index in [1.807, 2.05) is 25.1 Å². The third-order valence-corrected chi connectivity index (χ3v) is 3.95. The van der Waals surface area contributed by atoms with Crippen LogP contribution in [0.2, 0.25) is 0 Å². The Kier molecular flexibility index (Phi) is 3.70. The Bertz CT molecular complexity index is 519. The smallest absolute Gasteiger partial charge is 0.200 e. The van der Waals surface area contributed by atoms with Gasteiger partial charge in [0.2, 0.25) is 0 Å². The molecule has 0 aliphatic heterocycles. The van der Waals surface area contributed by atoms with Gasteiger partial charge in [-0.1, -0.05) is 67.6 Å². The fraction of sp³-hybridized carbons (Fsp3) is 0.294. The highest BCUT2D eigenvalue weighted by molar-refractivity contribution is 5.33. The standard InChI is InChI=1S/C17H18F2/c1-3-16(2,14-10-6-4-7-11-14)17(18,19)15-12-8-5-9-13-15/h4-13H,3H2,1-2H3. The summed E-state index contributed by atoms with van der Waals surface area (Å²) in [4.78, 5) is 0. The van der Waals surface area contributed by atoms with Gasteiger partial charge in [-0.05, 0) is 18.9 Å². The fourth-order valence-corrected chi connectivity index (χ4v) is 2.38. The van der Waals surface area contributed by atoms with E-state index in [4.69, 9.17) is 0 Å². The molecule has 0 radical (unpaired) electrons. The van der Waals surface area contributed by atoms with Crippen molar-refractivity contribution in [2.24, 2.45) is 0 Å². The molecule has 100 valence electrons. The highest BCUT2D eigenvalue weighted by Gasteiger charge is 2.50. The molecule has 0 aliphatic carbocycles. The minimum Gasteiger partial charge on any atom is -0.200 e. The Morgan fingerprint density at radius 1 is 0.789 bits per heavy atom. The van der Waals surface area contributed by atoms with Crippen LogP contribution in [-0.4, -0.2) is 0 Å². The summed E-state index contributed by atoms with van der Waals surface area (Å²) in [6, 6.07) is 17.1. The first-order valence-corrected chi connectivity index (χ1v) is 6.51. The molecule has 2 rings (SSSR count). The quantitative estimate of drug-likeness (QED) is 0.713. The van der Waals surface area contributed by atoms with Gasteiger partial charge >= 0.3 is 0 Å². The molecule has 0 spiro atoms. The first kappa shape index (κ1) is 13.7. The Hall–Kier alpha value is -1.70. The predicted molar refractivity (Wildman–Crippen MR) is 74.4 cm³/mol. The normalized spacial score (nSPS) is 14.9. The third kappa shape index (κ3) is 2.27. The van der Waals surface area contributed by atoms with Crippen LogP contribution in [0.3, 0.4) is 0 Å². The van der Waals surface area contributed by atoms with Crippen molar-refractivity contribution in [1.29, 1.82) is 0 Å². The molecule has 0 N–H and O–H groups in total. The van der Waals surface area contributed by atoms with Crippen LogP contribution < -0.4 is 0 Å². The minimum atomic E-state index is -2.90. The van der Waals surface area contributed by atoms with Crippen molar-refractivity contribution in [2.45, 2.75) is 31.6 Å². The molecular weight excluding hydrogens is 242 g/mol. The monoisotopic (exact) mass is 260 g/mol. The van der Waals surface area contributed by atoms with Crippen LogP contribution in [-0.2, 0) is 11.3 Å². The maximum Gasteiger partial charge on any atom is 0.282 e. The molecule has 0 aliphatic rings. The third-order valence-electron chi connectivity index (χ3n) is 3.95. The van der Waals surface area contributed by atoms with Crippen molar-refractivity contribution >= 4 is 0 Å². The zero-order valence-corrected chi connectivity index (χ0v) is 11.2. The van der Waals surface area contributed by atoms with Gasteiger partial charge in [-0.25, -0.2) is 8.78 Å². The molecule has 0 saturated carbocycles. The average molecular weight is 260 g/mol.